The predicted molar refractivity (Wildman–Crippen MR) is 153 cm³/mol. The zero-order valence-corrected chi connectivity index (χ0v) is 24.8. The highest BCUT2D eigenvalue weighted by Gasteiger charge is 2.15. The van der Waals surface area contributed by atoms with Crippen molar-refractivity contribution in [3.8, 4) is 0 Å². The van der Waals surface area contributed by atoms with Crippen LogP contribution in [0.2, 0.25) is 0 Å². The van der Waals surface area contributed by atoms with E-state index in [2.05, 4.69) is 27.7 Å². The zero-order valence-electron chi connectivity index (χ0n) is 24.8. The van der Waals surface area contributed by atoms with Crippen LogP contribution in [0, 0.1) is 11.8 Å². The van der Waals surface area contributed by atoms with Crippen LogP contribution in [0.1, 0.15) is 169 Å². The van der Waals surface area contributed by atoms with Crippen molar-refractivity contribution in [1.82, 2.24) is 0 Å². The van der Waals surface area contributed by atoms with Gasteiger partial charge in [-0.05, 0) is 37.5 Å². The molecule has 1 unspecified atom stereocenters. The molecule has 4 nitrogen and oxygen atoms in total. The number of carbonyl (C=O) groups is 2. The minimum atomic E-state index is -0.0105. The molecule has 0 fully saturated rings. The fourth-order valence-corrected chi connectivity index (χ4v) is 4.78. The van der Waals surface area contributed by atoms with Crippen molar-refractivity contribution >= 4 is 11.9 Å². The molecule has 0 amide bonds. The number of unbranched alkanes of at least 4 members (excludes halogenated alkanes) is 15. The van der Waals surface area contributed by atoms with E-state index in [1.54, 1.807) is 0 Å². The maximum Gasteiger partial charge on any atom is 0.305 e. The van der Waals surface area contributed by atoms with Gasteiger partial charge in [-0.15, -0.1) is 0 Å². The summed E-state index contributed by atoms with van der Waals surface area (Å²) in [6.45, 7) is 10.1. The summed E-state index contributed by atoms with van der Waals surface area (Å²) in [5, 5.41) is 0. The second kappa shape index (κ2) is 27.0. The minimum absolute atomic E-state index is 0.00498. The molecule has 0 rings (SSSR count). The first-order valence-corrected chi connectivity index (χ1v) is 15.8. The first-order valence-electron chi connectivity index (χ1n) is 15.8. The number of carbonyl (C=O) groups excluding carboxylic acids is 2. The number of hydrogen-bond donors (Lipinski definition) is 0. The van der Waals surface area contributed by atoms with E-state index in [4.69, 9.17) is 9.47 Å². The monoisotopic (exact) mass is 510 g/mol. The Balaban J connectivity index is 3.48. The Morgan fingerprint density at radius 1 is 0.500 bits per heavy atom. The lowest BCUT2D eigenvalue weighted by Crippen LogP contribution is -2.13. The van der Waals surface area contributed by atoms with Gasteiger partial charge in [0.25, 0.3) is 0 Å². The Bertz CT molecular complexity index is 489. The van der Waals surface area contributed by atoms with Crippen molar-refractivity contribution in [2.75, 3.05) is 13.2 Å². The van der Waals surface area contributed by atoms with Crippen LogP contribution in [0.5, 0.6) is 0 Å². The van der Waals surface area contributed by atoms with Crippen LogP contribution < -0.4 is 0 Å². The molecular formula is C32H62O4. The van der Waals surface area contributed by atoms with Gasteiger partial charge in [-0.25, -0.2) is 0 Å². The highest BCUT2D eigenvalue weighted by molar-refractivity contribution is 5.69. The molecule has 36 heavy (non-hydrogen) atoms. The molecule has 214 valence electrons. The molecule has 0 aliphatic rings. The molecule has 0 spiro atoms. The minimum Gasteiger partial charge on any atom is -0.466 e. The van der Waals surface area contributed by atoms with E-state index in [1.165, 1.54) is 70.6 Å². The van der Waals surface area contributed by atoms with Gasteiger partial charge < -0.3 is 9.47 Å². The smallest absolute Gasteiger partial charge is 0.305 e. The van der Waals surface area contributed by atoms with E-state index in [-0.39, 0.29) is 11.9 Å². The Morgan fingerprint density at radius 2 is 0.917 bits per heavy atom. The second-order valence-corrected chi connectivity index (χ2v) is 11.2. The molecule has 0 aromatic heterocycles. The van der Waals surface area contributed by atoms with Crippen LogP contribution in [0.25, 0.3) is 0 Å². The molecule has 0 saturated carbocycles. The van der Waals surface area contributed by atoms with Crippen LogP contribution in [0.3, 0.4) is 0 Å². The summed E-state index contributed by atoms with van der Waals surface area (Å²) in [7, 11) is 0. The second-order valence-electron chi connectivity index (χ2n) is 11.2. The lowest BCUT2D eigenvalue weighted by atomic mass is 9.86. The fourth-order valence-electron chi connectivity index (χ4n) is 4.78. The third-order valence-electron chi connectivity index (χ3n) is 7.39. The Hall–Kier alpha value is -1.06. The normalized spacial score (nSPS) is 12.1. The molecule has 0 heterocycles. The van der Waals surface area contributed by atoms with E-state index < -0.39 is 0 Å². The van der Waals surface area contributed by atoms with Gasteiger partial charge in [-0.3, -0.25) is 9.59 Å². The van der Waals surface area contributed by atoms with Crippen LogP contribution >= 0.6 is 0 Å². The molecule has 0 bridgehead atoms. The first kappa shape index (κ1) is 34.9. The highest BCUT2D eigenvalue weighted by atomic mass is 16.5. The van der Waals surface area contributed by atoms with Crippen molar-refractivity contribution in [3.63, 3.8) is 0 Å². The maximum atomic E-state index is 12.0. The largest absolute Gasteiger partial charge is 0.466 e. The van der Waals surface area contributed by atoms with Crippen molar-refractivity contribution < 1.29 is 19.1 Å². The standard InChI is InChI=1S/C32H62O4/c1-5-7-21-27-35-31(33)24-20-18-16-14-12-10-9-11-13-15-17-19-23-30(29(3)4)25-26-32(34)36-28-22-8-6-2/h29-30H,5-28H2,1-4H3. The summed E-state index contributed by atoms with van der Waals surface area (Å²) >= 11 is 0. The summed E-state index contributed by atoms with van der Waals surface area (Å²) in [6.07, 6.45) is 25.4. The van der Waals surface area contributed by atoms with Gasteiger partial charge in [-0.1, -0.05) is 130 Å². The molecule has 0 saturated heterocycles. The van der Waals surface area contributed by atoms with E-state index in [0.717, 1.165) is 57.8 Å². The Morgan fingerprint density at radius 3 is 1.36 bits per heavy atom. The number of esters is 2. The van der Waals surface area contributed by atoms with Gasteiger partial charge in [0.15, 0.2) is 0 Å². The highest BCUT2D eigenvalue weighted by Crippen LogP contribution is 2.24. The summed E-state index contributed by atoms with van der Waals surface area (Å²) < 4.78 is 10.6. The molecule has 4 heteroatoms. The van der Waals surface area contributed by atoms with Gasteiger partial charge in [0.1, 0.15) is 0 Å². The molecular weight excluding hydrogens is 448 g/mol. The average Bonchev–Trinajstić information content (AvgIpc) is 2.86. The molecule has 0 aromatic carbocycles. The van der Waals surface area contributed by atoms with E-state index in [1.807, 2.05) is 0 Å². The van der Waals surface area contributed by atoms with Crippen LogP contribution in [0.4, 0.5) is 0 Å². The molecule has 0 radical (unpaired) electrons. The first-order chi connectivity index (χ1) is 17.5. The van der Waals surface area contributed by atoms with Crippen molar-refractivity contribution in [2.24, 2.45) is 11.8 Å². The number of rotatable bonds is 27. The number of hydrogen-bond acceptors (Lipinski definition) is 4. The van der Waals surface area contributed by atoms with Crippen molar-refractivity contribution in [1.29, 1.82) is 0 Å². The van der Waals surface area contributed by atoms with Crippen molar-refractivity contribution in [2.45, 2.75) is 169 Å². The average molecular weight is 511 g/mol. The summed E-state index contributed by atoms with van der Waals surface area (Å²) in [5.41, 5.74) is 0. The van der Waals surface area contributed by atoms with Gasteiger partial charge in [0, 0.05) is 12.8 Å². The quantitative estimate of drug-likeness (QED) is 0.0814. The van der Waals surface area contributed by atoms with Gasteiger partial charge >= 0.3 is 11.9 Å². The molecule has 0 aliphatic carbocycles. The number of ether oxygens (including phenoxy) is 2. The van der Waals surface area contributed by atoms with Crippen LogP contribution in [-0.2, 0) is 19.1 Å². The fraction of sp³-hybridized carbons (Fsp3) is 0.938. The zero-order chi connectivity index (χ0) is 26.7. The Labute approximate surface area is 225 Å². The molecule has 0 aromatic rings. The molecule has 0 aliphatic heterocycles. The van der Waals surface area contributed by atoms with E-state index >= 15 is 0 Å². The summed E-state index contributed by atoms with van der Waals surface area (Å²) in [4.78, 5) is 23.6. The van der Waals surface area contributed by atoms with E-state index in [0.29, 0.717) is 37.9 Å². The van der Waals surface area contributed by atoms with Crippen LogP contribution in [-0.4, -0.2) is 25.2 Å². The van der Waals surface area contributed by atoms with Gasteiger partial charge in [0.05, 0.1) is 13.2 Å². The lowest BCUT2D eigenvalue weighted by Gasteiger charge is -2.20. The van der Waals surface area contributed by atoms with Crippen molar-refractivity contribution in [3.05, 3.63) is 0 Å². The maximum absolute atomic E-state index is 12.0. The van der Waals surface area contributed by atoms with Gasteiger partial charge in [0.2, 0.25) is 0 Å². The predicted octanol–water partition coefficient (Wildman–Crippen LogP) is 9.97. The third-order valence-corrected chi connectivity index (χ3v) is 7.39. The molecule has 1 atom stereocenters. The topological polar surface area (TPSA) is 52.6 Å². The van der Waals surface area contributed by atoms with Crippen LogP contribution in [0.15, 0.2) is 0 Å². The SMILES string of the molecule is CCCCCOC(=O)CCCCCCCCCCCCCCC(CCC(=O)OCCCCC)C(C)C. The summed E-state index contributed by atoms with van der Waals surface area (Å²) in [6, 6.07) is 0. The molecule has 0 N–H and O–H groups in total. The van der Waals surface area contributed by atoms with E-state index in [9.17, 15) is 9.59 Å². The van der Waals surface area contributed by atoms with Gasteiger partial charge in [-0.2, -0.15) is 0 Å². The summed E-state index contributed by atoms with van der Waals surface area (Å²) in [5.74, 6) is 1.27. The lowest BCUT2D eigenvalue weighted by molar-refractivity contribution is -0.145. The Kier molecular flexibility index (Phi) is 26.2. The third kappa shape index (κ3) is 24.6.